The first-order valence-electron chi connectivity index (χ1n) is 10.2. The lowest BCUT2D eigenvalue weighted by Crippen LogP contribution is -2.17. The Morgan fingerprint density at radius 3 is 2.43 bits per heavy atom. The molecule has 7 nitrogen and oxygen atoms in total. The van der Waals surface area contributed by atoms with Gasteiger partial charge in [-0.05, 0) is 37.1 Å². The maximum Gasteiger partial charge on any atom is 0.311 e. The molecule has 0 aliphatic heterocycles. The molecule has 0 aromatic heterocycles. The molecular weight excluding hydrogens is 404 g/mol. The summed E-state index contributed by atoms with van der Waals surface area (Å²) in [7, 11) is -3.71. The molecule has 0 aliphatic rings. The second-order valence-electron chi connectivity index (χ2n) is 6.86. The molecular formula is C22H30N2O5S. The third-order valence-electron chi connectivity index (χ3n) is 4.30. The predicted molar refractivity (Wildman–Crippen MR) is 118 cm³/mol. The summed E-state index contributed by atoms with van der Waals surface area (Å²) < 4.78 is 39.0. The average molecular weight is 435 g/mol. The Kier molecular flexibility index (Phi) is 9.63. The van der Waals surface area contributed by atoms with Gasteiger partial charge >= 0.3 is 5.97 Å². The molecule has 0 bridgehead atoms. The number of ether oxygens (including phenoxy) is 2. The summed E-state index contributed by atoms with van der Waals surface area (Å²) in [6.45, 7) is 2.77. The molecule has 2 rings (SSSR count). The van der Waals surface area contributed by atoms with E-state index in [1.807, 2.05) is 6.07 Å². The summed E-state index contributed by atoms with van der Waals surface area (Å²) in [5, 5.41) is 0. The van der Waals surface area contributed by atoms with Crippen LogP contribution in [0.15, 0.2) is 48.5 Å². The van der Waals surface area contributed by atoms with Gasteiger partial charge in [-0.2, -0.15) is 0 Å². The molecule has 0 spiro atoms. The second kappa shape index (κ2) is 12.2. The van der Waals surface area contributed by atoms with Crippen molar-refractivity contribution in [2.75, 3.05) is 17.9 Å². The topological polar surface area (TPSA) is 108 Å². The molecule has 0 atom stereocenters. The van der Waals surface area contributed by atoms with Crippen LogP contribution in [0.4, 0.5) is 5.69 Å². The van der Waals surface area contributed by atoms with Crippen molar-refractivity contribution in [1.29, 1.82) is 0 Å². The van der Waals surface area contributed by atoms with E-state index in [9.17, 15) is 13.2 Å². The van der Waals surface area contributed by atoms with E-state index in [-0.39, 0.29) is 23.6 Å². The first-order valence-corrected chi connectivity index (χ1v) is 11.8. The fourth-order valence-corrected chi connectivity index (χ4v) is 3.98. The zero-order chi connectivity index (χ0) is 21.8. The Morgan fingerprint density at radius 2 is 1.73 bits per heavy atom. The molecule has 0 saturated carbocycles. The standard InChI is InChI=1S/C22H30N2O5S/c1-2-21(25)29-22-19(24-30(26,27)17-18-11-6-5-7-12-18)13-10-14-20(22)28-16-9-4-3-8-15-23/h5-7,10-14,24H,2-4,8-9,15-17,23H2,1H3. The summed E-state index contributed by atoms with van der Waals surface area (Å²) in [6, 6.07) is 13.7. The molecule has 0 radical (unpaired) electrons. The Bertz CT molecular complexity index is 901. The van der Waals surface area contributed by atoms with Crippen LogP contribution in [0.3, 0.4) is 0 Å². The number of nitrogens with one attached hydrogen (secondary N) is 1. The zero-order valence-electron chi connectivity index (χ0n) is 17.3. The molecule has 0 aliphatic carbocycles. The van der Waals surface area contributed by atoms with Crippen LogP contribution in [0.5, 0.6) is 11.5 Å². The molecule has 2 aromatic carbocycles. The van der Waals surface area contributed by atoms with Gasteiger partial charge in [-0.3, -0.25) is 9.52 Å². The van der Waals surface area contributed by atoms with Gasteiger partial charge in [0.15, 0.2) is 11.5 Å². The first-order chi connectivity index (χ1) is 14.4. The van der Waals surface area contributed by atoms with Crippen molar-refractivity contribution in [3.8, 4) is 11.5 Å². The van der Waals surface area contributed by atoms with Crippen LogP contribution < -0.4 is 19.9 Å². The minimum absolute atomic E-state index is 0.0861. The number of sulfonamides is 1. The number of rotatable bonds is 13. The summed E-state index contributed by atoms with van der Waals surface area (Å²) in [4.78, 5) is 11.9. The van der Waals surface area contributed by atoms with Gasteiger partial charge in [-0.1, -0.05) is 56.2 Å². The van der Waals surface area contributed by atoms with E-state index >= 15 is 0 Å². The van der Waals surface area contributed by atoms with Crippen molar-refractivity contribution in [2.45, 2.75) is 44.8 Å². The van der Waals surface area contributed by atoms with Crippen molar-refractivity contribution in [3.05, 3.63) is 54.1 Å². The number of hydrogen-bond acceptors (Lipinski definition) is 6. The molecule has 164 valence electrons. The molecule has 30 heavy (non-hydrogen) atoms. The van der Waals surface area contributed by atoms with Crippen LogP contribution in [0.2, 0.25) is 0 Å². The number of esters is 1. The van der Waals surface area contributed by atoms with E-state index in [0.717, 1.165) is 25.7 Å². The van der Waals surface area contributed by atoms with Gasteiger partial charge in [0.25, 0.3) is 0 Å². The van der Waals surface area contributed by atoms with Crippen LogP contribution >= 0.6 is 0 Å². The Morgan fingerprint density at radius 1 is 1.00 bits per heavy atom. The molecule has 0 fully saturated rings. The van der Waals surface area contributed by atoms with Crippen molar-refractivity contribution in [1.82, 2.24) is 0 Å². The molecule has 0 heterocycles. The fourth-order valence-electron chi connectivity index (χ4n) is 2.78. The summed E-state index contributed by atoms with van der Waals surface area (Å²) in [5.41, 5.74) is 6.32. The lowest BCUT2D eigenvalue weighted by atomic mass is 10.2. The molecule has 3 N–H and O–H groups in total. The van der Waals surface area contributed by atoms with E-state index in [0.29, 0.717) is 24.5 Å². The van der Waals surface area contributed by atoms with Crippen molar-refractivity contribution in [3.63, 3.8) is 0 Å². The Balaban J connectivity index is 2.15. The molecule has 2 aromatic rings. The summed E-state index contributed by atoms with van der Waals surface area (Å²) >= 11 is 0. The van der Waals surface area contributed by atoms with E-state index in [1.165, 1.54) is 0 Å². The maximum atomic E-state index is 12.6. The van der Waals surface area contributed by atoms with E-state index in [4.69, 9.17) is 15.2 Å². The smallest absolute Gasteiger partial charge is 0.311 e. The summed E-state index contributed by atoms with van der Waals surface area (Å²) in [6.07, 6.45) is 3.95. The third kappa shape index (κ3) is 8.04. The monoisotopic (exact) mass is 434 g/mol. The van der Waals surface area contributed by atoms with Crippen LogP contribution in [0.1, 0.15) is 44.6 Å². The molecule has 0 saturated heterocycles. The molecule has 8 heteroatoms. The molecule has 0 amide bonds. The second-order valence-corrected chi connectivity index (χ2v) is 8.58. The van der Waals surface area contributed by atoms with Gasteiger partial charge in [0.1, 0.15) is 0 Å². The normalized spacial score (nSPS) is 11.1. The van der Waals surface area contributed by atoms with E-state index < -0.39 is 16.0 Å². The minimum atomic E-state index is -3.71. The highest BCUT2D eigenvalue weighted by Crippen LogP contribution is 2.36. The van der Waals surface area contributed by atoms with Crippen molar-refractivity contribution < 1.29 is 22.7 Å². The number of benzene rings is 2. The highest BCUT2D eigenvalue weighted by molar-refractivity contribution is 7.91. The van der Waals surface area contributed by atoms with Crippen LogP contribution in [-0.4, -0.2) is 27.5 Å². The first kappa shape index (κ1) is 23.7. The largest absolute Gasteiger partial charge is 0.490 e. The predicted octanol–water partition coefficient (Wildman–Crippen LogP) is 3.84. The lowest BCUT2D eigenvalue weighted by molar-refractivity contribution is -0.134. The highest BCUT2D eigenvalue weighted by Gasteiger charge is 2.19. The number of para-hydroxylation sites is 1. The third-order valence-corrected chi connectivity index (χ3v) is 5.55. The highest BCUT2D eigenvalue weighted by atomic mass is 32.2. The van der Waals surface area contributed by atoms with Crippen molar-refractivity contribution >= 4 is 21.7 Å². The number of unbranched alkanes of at least 4 members (excludes halogenated alkanes) is 3. The van der Waals surface area contributed by atoms with E-state index in [1.54, 1.807) is 49.4 Å². The van der Waals surface area contributed by atoms with Gasteiger partial charge in [-0.25, -0.2) is 8.42 Å². The van der Waals surface area contributed by atoms with E-state index in [2.05, 4.69) is 4.72 Å². The molecule has 0 unspecified atom stereocenters. The van der Waals surface area contributed by atoms with Crippen LogP contribution in [-0.2, 0) is 20.6 Å². The lowest BCUT2D eigenvalue weighted by Gasteiger charge is -2.16. The number of carbonyl (C=O) groups is 1. The summed E-state index contributed by atoms with van der Waals surface area (Å²) in [5.74, 6) is -0.252. The number of anilines is 1. The minimum Gasteiger partial charge on any atom is -0.490 e. The maximum absolute atomic E-state index is 12.6. The Labute approximate surface area is 178 Å². The number of hydrogen-bond donors (Lipinski definition) is 2. The van der Waals surface area contributed by atoms with Crippen molar-refractivity contribution in [2.24, 2.45) is 5.73 Å². The van der Waals surface area contributed by atoms with Gasteiger partial charge in [0, 0.05) is 6.42 Å². The van der Waals surface area contributed by atoms with Crippen LogP contribution in [0.25, 0.3) is 0 Å². The van der Waals surface area contributed by atoms with Gasteiger partial charge in [0.2, 0.25) is 10.0 Å². The number of carbonyl (C=O) groups excluding carboxylic acids is 1. The van der Waals surface area contributed by atoms with Gasteiger partial charge < -0.3 is 15.2 Å². The fraction of sp³-hybridized carbons (Fsp3) is 0.409. The Hall–Kier alpha value is -2.58. The quantitative estimate of drug-likeness (QED) is 0.282. The number of nitrogens with two attached hydrogens (primary N) is 1. The van der Waals surface area contributed by atoms with Crippen LogP contribution in [0, 0.1) is 0 Å². The van der Waals surface area contributed by atoms with Gasteiger partial charge in [-0.15, -0.1) is 0 Å². The van der Waals surface area contributed by atoms with Gasteiger partial charge in [0.05, 0.1) is 18.0 Å². The zero-order valence-corrected chi connectivity index (χ0v) is 18.1. The SMILES string of the molecule is CCC(=O)Oc1c(NS(=O)(=O)Cc2ccccc2)cccc1OCCCCCCN. The average Bonchev–Trinajstić information content (AvgIpc) is 2.72.